The van der Waals surface area contributed by atoms with Crippen molar-refractivity contribution in [2.45, 2.75) is 44.5 Å². The summed E-state index contributed by atoms with van der Waals surface area (Å²) in [6.07, 6.45) is 2.55. The van der Waals surface area contributed by atoms with Crippen LogP contribution in [0.4, 0.5) is 10.1 Å². The lowest BCUT2D eigenvalue weighted by atomic mass is 10.0. The van der Waals surface area contributed by atoms with Gasteiger partial charge in [0, 0.05) is 32.4 Å². The van der Waals surface area contributed by atoms with Crippen molar-refractivity contribution >= 4 is 23.0 Å². The third-order valence-electron chi connectivity index (χ3n) is 6.72. The number of likely N-dealkylation sites (tertiary alicyclic amines) is 1. The predicted molar refractivity (Wildman–Crippen MR) is 142 cm³/mol. The molecule has 3 N–H and O–H groups in total. The second-order valence-electron chi connectivity index (χ2n) is 10.1. The van der Waals surface area contributed by atoms with Gasteiger partial charge in [-0.15, -0.1) is 0 Å². The monoisotopic (exact) mass is 537 g/mol. The zero-order valence-electron chi connectivity index (χ0n) is 22.1. The van der Waals surface area contributed by atoms with E-state index in [1.807, 2.05) is 12.1 Å². The first-order chi connectivity index (χ1) is 18.6. The summed E-state index contributed by atoms with van der Waals surface area (Å²) in [5.74, 6) is -0.602. The summed E-state index contributed by atoms with van der Waals surface area (Å²) in [5.41, 5.74) is 1.48. The molecule has 0 spiro atoms. The SMILES string of the molecule is COCC(=O)N1CCC(Nc2cc(-c3ccc4cc(C#N)cnn34)ncc2C(=O)NCC(F)C(C)(C)O)CC1. The van der Waals surface area contributed by atoms with Crippen LogP contribution in [0.2, 0.25) is 0 Å². The molecular formula is C27H32FN7O4. The van der Waals surface area contributed by atoms with E-state index in [0.717, 1.165) is 5.52 Å². The van der Waals surface area contributed by atoms with Crippen LogP contribution >= 0.6 is 0 Å². The highest BCUT2D eigenvalue weighted by Gasteiger charge is 2.28. The highest BCUT2D eigenvalue weighted by atomic mass is 19.1. The summed E-state index contributed by atoms with van der Waals surface area (Å²) < 4.78 is 20.9. The van der Waals surface area contributed by atoms with Crippen molar-refractivity contribution in [3.05, 3.63) is 47.8 Å². The number of anilines is 1. The largest absolute Gasteiger partial charge is 0.387 e. The number of amides is 2. The van der Waals surface area contributed by atoms with Crippen molar-refractivity contribution in [3.8, 4) is 17.5 Å². The summed E-state index contributed by atoms with van der Waals surface area (Å²) in [7, 11) is 1.48. The van der Waals surface area contributed by atoms with Crippen molar-refractivity contribution in [2.75, 3.05) is 38.7 Å². The van der Waals surface area contributed by atoms with Gasteiger partial charge in [0.2, 0.25) is 5.91 Å². The van der Waals surface area contributed by atoms with Gasteiger partial charge in [0.25, 0.3) is 5.91 Å². The fourth-order valence-corrected chi connectivity index (χ4v) is 4.39. The minimum atomic E-state index is -1.66. The van der Waals surface area contributed by atoms with E-state index in [1.165, 1.54) is 33.4 Å². The molecule has 0 radical (unpaired) electrons. The van der Waals surface area contributed by atoms with Gasteiger partial charge >= 0.3 is 0 Å². The van der Waals surface area contributed by atoms with E-state index in [2.05, 4.69) is 26.8 Å². The number of pyridine rings is 1. The molecule has 0 saturated carbocycles. The van der Waals surface area contributed by atoms with Gasteiger partial charge in [-0.1, -0.05) is 0 Å². The minimum Gasteiger partial charge on any atom is -0.387 e. The minimum absolute atomic E-state index is 0.0240. The maximum absolute atomic E-state index is 14.3. The van der Waals surface area contributed by atoms with Crippen LogP contribution < -0.4 is 10.6 Å². The van der Waals surface area contributed by atoms with Gasteiger partial charge in [0.1, 0.15) is 18.8 Å². The number of alkyl halides is 1. The highest BCUT2D eigenvalue weighted by Crippen LogP contribution is 2.27. The Hall–Kier alpha value is -4.08. The van der Waals surface area contributed by atoms with Crippen LogP contribution in [0, 0.1) is 11.3 Å². The number of rotatable bonds is 9. The Morgan fingerprint density at radius 1 is 1.28 bits per heavy atom. The number of piperidine rings is 1. The third-order valence-corrected chi connectivity index (χ3v) is 6.72. The lowest BCUT2D eigenvalue weighted by Gasteiger charge is -2.33. The number of ether oxygens (including phenoxy) is 1. The molecule has 4 heterocycles. The number of carbonyl (C=O) groups is 2. The third kappa shape index (κ3) is 6.50. The molecule has 1 aliphatic rings. The molecule has 0 aliphatic carbocycles. The van der Waals surface area contributed by atoms with Crippen molar-refractivity contribution in [1.82, 2.24) is 24.8 Å². The summed E-state index contributed by atoms with van der Waals surface area (Å²) >= 11 is 0. The maximum atomic E-state index is 14.3. The predicted octanol–water partition coefficient (Wildman–Crippen LogP) is 2.16. The Morgan fingerprint density at radius 2 is 2.03 bits per heavy atom. The normalized spacial score (nSPS) is 15.1. The van der Waals surface area contributed by atoms with E-state index < -0.39 is 17.7 Å². The molecule has 2 amide bonds. The molecule has 39 heavy (non-hydrogen) atoms. The van der Waals surface area contributed by atoms with E-state index in [-0.39, 0.29) is 30.7 Å². The number of aromatic nitrogens is 3. The molecule has 1 fully saturated rings. The molecule has 4 rings (SSSR count). The zero-order valence-corrected chi connectivity index (χ0v) is 22.1. The smallest absolute Gasteiger partial charge is 0.255 e. The summed E-state index contributed by atoms with van der Waals surface area (Å²) in [6.45, 7) is 3.44. The molecule has 0 aromatic carbocycles. The standard InChI is InChI=1S/C27H32FN7O4/c1-27(2,38)24(28)15-31-26(37)20-14-30-22(23-5-4-19-10-17(12-29)13-32-35(19)23)11-21(20)33-18-6-8-34(9-7-18)25(36)16-39-3/h4-5,10-11,13-14,18,24,38H,6-9,15-16H2,1-3H3,(H,30,33)(H,31,37). The van der Waals surface area contributed by atoms with E-state index in [4.69, 9.17) is 10.00 Å². The number of hydrogen-bond acceptors (Lipinski definition) is 8. The number of halogens is 1. The van der Waals surface area contributed by atoms with E-state index in [9.17, 15) is 19.1 Å². The van der Waals surface area contributed by atoms with E-state index in [1.54, 1.807) is 21.5 Å². The van der Waals surface area contributed by atoms with Gasteiger partial charge in [-0.05, 0) is 51.0 Å². The van der Waals surface area contributed by atoms with Crippen LogP contribution in [0.1, 0.15) is 42.6 Å². The fraction of sp³-hybridized carbons (Fsp3) is 0.444. The number of methoxy groups -OCH3 is 1. The van der Waals surface area contributed by atoms with Crippen molar-refractivity contribution < 1.29 is 23.8 Å². The van der Waals surface area contributed by atoms with Gasteiger partial charge in [-0.25, -0.2) is 8.91 Å². The first-order valence-electron chi connectivity index (χ1n) is 12.7. The van der Waals surface area contributed by atoms with Crippen molar-refractivity contribution in [3.63, 3.8) is 0 Å². The van der Waals surface area contributed by atoms with Gasteiger partial charge in [0.15, 0.2) is 0 Å². The van der Waals surface area contributed by atoms with Crippen LogP contribution in [0.5, 0.6) is 0 Å². The number of nitrogens with one attached hydrogen (secondary N) is 2. The van der Waals surface area contributed by atoms with Crippen LogP contribution in [-0.2, 0) is 9.53 Å². The number of fused-ring (bicyclic) bond motifs is 1. The molecule has 3 aromatic heterocycles. The molecule has 12 heteroatoms. The molecule has 1 saturated heterocycles. The van der Waals surface area contributed by atoms with Crippen molar-refractivity contribution in [1.29, 1.82) is 5.26 Å². The van der Waals surface area contributed by atoms with Gasteiger partial charge in [0.05, 0.1) is 52.1 Å². The topological polar surface area (TPSA) is 145 Å². The van der Waals surface area contributed by atoms with Gasteiger partial charge in [-0.2, -0.15) is 10.4 Å². The summed E-state index contributed by atoms with van der Waals surface area (Å²) in [5, 5.41) is 29.4. The number of nitrogens with zero attached hydrogens (tertiary/aromatic N) is 5. The van der Waals surface area contributed by atoms with Crippen LogP contribution in [-0.4, -0.2) is 87.6 Å². The Balaban J connectivity index is 1.60. The number of nitriles is 1. The van der Waals surface area contributed by atoms with E-state index in [0.29, 0.717) is 48.6 Å². The first kappa shape index (κ1) is 27.9. The second kappa shape index (κ2) is 11.8. The molecule has 1 atom stereocenters. The molecule has 1 aliphatic heterocycles. The van der Waals surface area contributed by atoms with Gasteiger partial charge in [-0.3, -0.25) is 14.6 Å². The maximum Gasteiger partial charge on any atom is 0.255 e. The Labute approximate surface area is 225 Å². The average Bonchev–Trinajstić information content (AvgIpc) is 3.34. The lowest BCUT2D eigenvalue weighted by Crippen LogP contribution is -2.44. The summed E-state index contributed by atoms with van der Waals surface area (Å²) in [6, 6.07) is 9.15. The lowest BCUT2D eigenvalue weighted by molar-refractivity contribution is -0.136. The number of aliphatic hydroxyl groups is 1. The molecule has 0 bridgehead atoms. The molecule has 1 unspecified atom stereocenters. The highest BCUT2D eigenvalue weighted by molar-refractivity contribution is 6.00. The van der Waals surface area contributed by atoms with Gasteiger partial charge < -0.3 is 25.4 Å². The average molecular weight is 538 g/mol. The van der Waals surface area contributed by atoms with Crippen LogP contribution in [0.3, 0.4) is 0 Å². The van der Waals surface area contributed by atoms with Crippen LogP contribution in [0.25, 0.3) is 16.9 Å². The Bertz CT molecular complexity index is 1390. The Kier molecular flexibility index (Phi) is 8.42. The number of hydrogen-bond donors (Lipinski definition) is 3. The molecule has 206 valence electrons. The fourth-order valence-electron chi connectivity index (χ4n) is 4.39. The molecule has 11 nitrogen and oxygen atoms in total. The molecule has 3 aromatic rings. The Morgan fingerprint density at radius 3 is 2.69 bits per heavy atom. The van der Waals surface area contributed by atoms with Crippen LogP contribution in [0.15, 0.2) is 36.7 Å². The quantitative estimate of drug-likeness (QED) is 0.377. The van der Waals surface area contributed by atoms with Crippen molar-refractivity contribution in [2.24, 2.45) is 0 Å². The molecular weight excluding hydrogens is 505 g/mol. The zero-order chi connectivity index (χ0) is 28.2. The second-order valence-corrected chi connectivity index (χ2v) is 10.1. The van der Waals surface area contributed by atoms with E-state index >= 15 is 0 Å². The number of carbonyl (C=O) groups excluding carboxylic acids is 2. The summed E-state index contributed by atoms with van der Waals surface area (Å²) in [4.78, 5) is 31.5. The first-order valence-corrected chi connectivity index (χ1v) is 12.7.